The molecule has 2 nitrogen and oxygen atoms in total. The van der Waals surface area contributed by atoms with Gasteiger partial charge in [0.25, 0.3) is 0 Å². The molecule has 0 aromatic carbocycles. The van der Waals surface area contributed by atoms with E-state index in [1.807, 2.05) is 11.8 Å². The van der Waals surface area contributed by atoms with Gasteiger partial charge in [-0.1, -0.05) is 31.5 Å². The van der Waals surface area contributed by atoms with Crippen molar-refractivity contribution in [1.82, 2.24) is 5.32 Å². The van der Waals surface area contributed by atoms with Crippen molar-refractivity contribution in [2.24, 2.45) is 16.8 Å². The Morgan fingerprint density at radius 2 is 2.20 bits per heavy atom. The molecule has 86 valence electrons. The molecule has 0 spiro atoms. The van der Waals surface area contributed by atoms with Gasteiger partial charge in [0.1, 0.15) is 0 Å². The molecule has 0 bridgehead atoms. The third-order valence-electron chi connectivity index (χ3n) is 3.41. The van der Waals surface area contributed by atoms with Crippen LogP contribution >= 0.6 is 11.8 Å². The summed E-state index contributed by atoms with van der Waals surface area (Å²) in [6.07, 6.45) is 5.62. The van der Waals surface area contributed by atoms with Crippen LogP contribution in [0.4, 0.5) is 0 Å². The molecular formula is C12H22N2S. The second-order valence-corrected chi connectivity index (χ2v) is 6.00. The van der Waals surface area contributed by atoms with E-state index >= 15 is 0 Å². The molecule has 0 amide bonds. The lowest BCUT2D eigenvalue weighted by molar-refractivity contribution is 0.489. The second-order valence-electron chi connectivity index (χ2n) is 4.99. The molecule has 1 heterocycles. The van der Waals surface area contributed by atoms with Gasteiger partial charge in [-0.25, -0.2) is 0 Å². The molecule has 2 aliphatic rings. The average molecular weight is 226 g/mol. The monoisotopic (exact) mass is 226 g/mol. The predicted octanol–water partition coefficient (Wildman–Crippen LogP) is 2.89. The van der Waals surface area contributed by atoms with E-state index < -0.39 is 0 Å². The molecule has 0 aromatic heterocycles. The van der Waals surface area contributed by atoms with E-state index in [9.17, 15) is 0 Å². The maximum atomic E-state index is 4.64. The maximum absolute atomic E-state index is 4.64. The van der Waals surface area contributed by atoms with Crippen LogP contribution in [0.5, 0.6) is 0 Å². The van der Waals surface area contributed by atoms with E-state index in [1.54, 1.807) is 0 Å². The van der Waals surface area contributed by atoms with E-state index in [1.165, 1.54) is 36.6 Å². The van der Waals surface area contributed by atoms with Gasteiger partial charge in [0.05, 0.1) is 0 Å². The lowest BCUT2D eigenvalue weighted by Crippen LogP contribution is -2.41. The highest BCUT2D eigenvalue weighted by molar-refractivity contribution is 8.13. The molecule has 2 atom stereocenters. The SMILES string of the molecule is CC1CSC(=NCCCC2CC2)NC1C. The summed E-state index contributed by atoms with van der Waals surface area (Å²) in [4.78, 5) is 4.64. The molecule has 0 aromatic rings. The van der Waals surface area contributed by atoms with Crippen LogP contribution in [-0.4, -0.2) is 23.5 Å². The fourth-order valence-corrected chi connectivity index (χ4v) is 2.95. The van der Waals surface area contributed by atoms with Crippen molar-refractivity contribution in [1.29, 1.82) is 0 Å². The number of nitrogens with one attached hydrogen (secondary N) is 1. The first kappa shape index (κ1) is 11.3. The molecule has 1 saturated heterocycles. The van der Waals surface area contributed by atoms with Crippen molar-refractivity contribution in [3.8, 4) is 0 Å². The first-order chi connectivity index (χ1) is 7.25. The zero-order valence-corrected chi connectivity index (χ0v) is 10.6. The fraction of sp³-hybridized carbons (Fsp3) is 0.917. The summed E-state index contributed by atoms with van der Waals surface area (Å²) in [5.74, 6) is 3.03. The summed E-state index contributed by atoms with van der Waals surface area (Å²) in [6, 6.07) is 0.591. The van der Waals surface area contributed by atoms with Crippen LogP contribution in [0.3, 0.4) is 0 Å². The fourth-order valence-electron chi connectivity index (χ4n) is 1.79. The molecule has 0 radical (unpaired) electrons. The molecule has 2 fully saturated rings. The Kier molecular flexibility index (Phi) is 3.95. The van der Waals surface area contributed by atoms with Crippen molar-refractivity contribution >= 4 is 16.9 Å². The van der Waals surface area contributed by atoms with Crippen LogP contribution in [-0.2, 0) is 0 Å². The highest BCUT2D eigenvalue weighted by Crippen LogP contribution is 2.33. The third kappa shape index (κ3) is 3.71. The summed E-state index contributed by atoms with van der Waals surface area (Å²) in [5.41, 5.74) is 0. The van der Waals surface area contributed by atoms with Gasteiger partial charge in [0, 0.05) is 18.3 Å². The predicted molar refractivity (Wildman–Crippen MR) is 68.5 cm³/mol. The Morgan fingerprint density at radius 3 is 2.87 bits per heavy atom. The Bertz CT molecular complexity index is 236. The van der Waals surface area contributed by atoms with Crippen LogP contribution in [0.1, 0.15) is 39.5 Å². The highest BCUT2D eigenvalue weighted by atomic mass is 32.2. The Balaban J connectivity index is 1.65. The molecule has 3 heteroatoms. The first-order valence-electron chi connectivity index (χ1n) is 6.19. The standard InChI is InChI=1S/C12H22N2S/c1-9-8-15-12(14-10(9)2)13-7-3-4-11-5-6-11/h9-11H,3-8H2,1-2H3,(H,13,14). The average Bonchev–Trinajstić information content (AvgIpc) is 3.02. The minimum atomic E-state index is 0.591. The van der Waals surface area contributed by atoms with Crippen molar-refractivity contribution in [3.63, 3.8) is 0 Å². The van der Waals surface area contributed by atoms with Crippen molar-refractivity contribution in [2.45, 2.75) is 45.6 Å². The first-order valence-corrected chi connectivity index (χ1v) is 7.18. The number of aliphatic imine (C=N–C) groups is 1. The maximum Gasteiger partial charge on any atom is 0.156 e. The van der Waals surface area contributed by atoms with Gasteiger partial charge in [0.2, 0.25) is 0 Å². The zero-order chi connectivity index (χ0) is 10.7. The van der Waals surface area contributed by atoms with Gasteiger partial charge in [-0.3, -0.25) is 4.99 Å². The number of amidine groups is 1. The van der Waals surface area contributed by atoms with E-state index in [4.69, 9.17) is 0 Å². The van der Waals surface area contributed by atoms with Gasteiger partial charge in [-0.05, 0) is 31.6 Å². The van der Waals surface area contributed by atoms with Gasteiger partial charge in [-0.2, -0.15) is 0 Å². The summed E-state index contributed by atoms with van der Waals surface area (Å²) in [6.45, 7) is 5.57. The van der Waals surface area contributed by atoms with Gasteiger partial charge < -0.3 is 5.32 Å². The molecule has 1 N–H and O–H groups in total. The number of rotatable bonds is 4. The van der Waals surface area contributed by atoms with E-state index in [-0.39, 0.29) is 0 Å². The quantitative estimate of drug-likeness (QED) is 0.745. The van der Waals surface area contributed by atoms with Crippen LogP contribution in [0.25, 0.3) is 0 Å². The van der Waals surface area contributed by atoms with Gasteiger partial charge in [0.15, 0.2) is 5.17 Å². The van der Waals surface area contributed by atoms with Gasteiger partial charge in [-0.15, -0.1) is 0 Å². The number of hydrogen-bond acceptors (Lipinski definition) is 2. The molecule has 1 saturated carbocycles. The van der Waals surface area contributed by atoms with Gasteiger partial charge >= 0.3 is 0 Å². The summed E-state index contributed by atoms with van der Waals surface area (Å²) >= 11 is 1.89. The van der Waals surface area contributed by atoms with E-state index in [2.05, 4.69) is 24.2 Å². The Morgan fingerprint density at radius 1 is 1.40 bits per heavy atom. The number of hydrogen-bond donors (Lipinski definition) is 1. The van der Waals surface area contributed by atoms with Crippen LogP contribution in [0.15, 0.2) is 4.99 Å². The van der Waals surface area contributed by atoms with Crippen molar-refractivity contribution in [2.75, 3.05) is 12.3 Å². The largest absolute Gasteiger partial charge is 0.362 e. The highest BCUT2D eigenvalue weighted by Gasteiger charge is 2.21. The van der Waals surface area contributed by atoms with E-state index in [0.29, 0.717) is 6.04 Å². The molecule has 1 aliphatic carbocycles. The van der Waals surface area contributed by atoms with E-state index in [0.717, 1.165) is 18.4 Å². The van der Waals surface area contributed by atoms with Crippen LogP contribution in [0, 0.1) is 11.8 Å². The minimum absolute atomic E-state index is 0.591. The summed E-state index contributed by atoms with van der Waals surface area (Å²) in [7, 11) is 0. The smallest absolute Gasteiger partial charge is 0.156 e. The molecule has 15 heavy (non-hydrogen) atoms. The third-order valence-corrected chi connectivity index (χ3v) is 4.62. The topological polar surface area (TPSA) is 24.4 Å². The van der Waals surface area contributed by atoms with Crippen molar-refractivity contribution in [3.05, 3.63) is 0 Å². The second kappa shape index (κ2) is 5.24. The molecule has 2 unspecified atom stereocenters. The lowest BCUT2D eigenvalue weighted by atomic mass is 10.1. The van der Waals surface area contributed by atoms with Crippen LogP contribution in [0.2, 0.25) is 0 Å². The number of thioether (sulfide) groups is 1. The van der Waals surface area contributed by atoms with Crippen LogP contribution < -0.4 is 5.32 Å². The molecule has 2 rings (SSSR count). The Hall–Kier alpha value is -0.180. The normalized spacial score (nSPS) is 34.1. The molecule has 1 aliphatic heterocycles. The zero-order valence-electron chi connectivity index (χ0n) is 9.83. The Labute approximate surface area is 97.3 Å². The lowest BCUT2D eigenvalue weighted by Gasteiger charge is -2.28. The minimum Gasteiger partial charge on any atom is -0.362 e. The van der Waals surface area contributed by atoms with Crippen molar-refractivity contribution < 1.29 is 0 Å². The molecular weight excluding hydrogens is 204 g/mol. The summed E-state index contributed by atoms with van der Waals surface area (Å²) < 4.78 is 0. The summed E-state index contributed by atoms with van der Waals surface area (Å²) in [5, 5.41) is 4.66. The number of nitrogens with zero attached hydrogens (tertiary/aromatic N) is 1.